The summed E-state index contributed by atoms with van der Waals surface area (Å²) < 4.78 is 7.81. The number of ether oxygens (including phenoxy) is 1. The van der Waals surface area contributed by atoms with E-state index in [2.05, 4.69) is 69.4 Å². The molecule has 28 heavy (non-hydrogen) atoms. The highest BCUT2D eigenvalue weighted by atomic mass is 16.5. The van der Waals surface area contributed by atoms with Crippen LogP contribution in [0.15, 0.2) is 53.6 Å². The number of hydrazone groups is 1. The zero-order chi connectivity index (χ0) is 18.9. The molecule has 1 unspecified atom stereocenters. The summed E-state index contributed by atoms with van der Waals surface area (Å²) in [6.45, 7) is 6.40. The summed E-state index contributed by atoms with van der Waals surface area (Å²) in [6.07, 6.45) is 0.843. The maximum atomic E-state index is 5.51. The maximum Gasteiger partial charge on any atom is 0.158 e. The summed E-state index contributed by atoms with van der Waals surface area (Å²) in [5, 5.41) is 4.68. The molecule has 2 aromatic carbocycles. The van der Waals surface area contributed by atoms with E-state index in [1.54, 1.807) is 0 Å². The Morgan fingerprint density at radius 1 is 1.07 bits per heavy atom. The van der Waals surface area contributed by atoms with Crippen LogP contribution in [0.5, 0.6) is 0 Å². The number of benzene rings is 2. The smallest absolute Gasteiger partial charge is 0.158 e. The molecule has 0 aliphatic carbocycles. The molecule has 5 rings (SSSR count). The fourth-order valence-corrected chi connectivity index (χ4v) is 3.95. The first-order valence-electron chi connectivity index (χ1n) is 9.92. The van der Waals surface area contributed by atoms with E-state index in [9.17, 15) is 0 Å². The van der Waals surface area contributed by atoms with Crippen LogP contribution in [0.1, 0.15) is 29.4 Å². The Hall–Kier alpha value is -2.70. The van der Waals surface area contributed by atoms with Crippen molar-refractivity contribution in [2.75, 3.05) is 26.3 Å². The van der Waals surface area contributed by atoms with Crippen LogP contribution in [0.25, 0.3) is 11.0 Å². The third-order valence-corrected chi connectivity index (χ3v) is 5.59. The summed E-state index contributed by atoms with van der Waals surface area (Å²) in [5.74, 6) is 0.967. The van der Waals surface area contributed by atoms with Crippen LogP contribution in [0, 0.1) is 6.92 Å². The van der Waals surface area contributed by atoms with Gasteiger partial charge in [-0.2, -0.15) is 5.10 Å². The van der Waals surface area contributed by atoms with Crippen molar-refractivity contribution >= 4 is 16.7 Å². The molecule has 1 atom stereocenters. The number of aromatic nitrogens is 2. The second-order valence-electron chi connectivity index (χ2n) is 7.58. The van der Waals surface area contributed by atoms with Crippen molar-refractivity contribution in [3.8, 4) is 0 Å². The maximum absolute atomic E-state index is 5.51. The third kappa shape index (κ3) is 3.30. The van der Waals surface area contributed by atoms with Crippen molar-refractivity contribution in [1.82, 2.24) is 19.9 Å². The molecular formula is C22H25N5O. The Labute approximate surface area is 164 Å². The minimum absolute atomic E-state index is 0.201. The van der Waals surface area contributed by atoms with Crippen molar-refractivity contribution in [2.45, 2.75) is 26.1 Å². The molecule has 0 saturated carbocycles. The minimum atomic E-state index is 0.201. The van der Waals surface area contributed by atoms with Crippen molar-refractivity contribution in [3.63, 3.8) is 0 Å². The molecule has 0 bridgehead atoms. The highest BCUT2D eigenvalue weighted by Crippen LogP contribution is 2.26. The predicted molar refractivity (Wildman–Crippen MR) is 110 cm³/mol. The van der Waals surface area contributed by atoms with Gasteiger partial charge in [0, 0.05) is 19.5 Å². The van der Waals surface area contributed by atoms with Crippen LogP contribution in [-0.2, 0) is 11.4 Å². The first-order chi connectivity index (χ1) is 13.8. The number of fused-ring (bicyclic) bond motifs is 1. The van der Waals surface area contributed by atoms with Crippen LogP contribution >= 0.6 is 0 Å². The average molecular weight is 375 g/mol. The summed E-state index contributed by atoms with van der Waals surface area (Å²) in [4.78, 5) is 7.35. The topological polar surface area (TPSA) is 54.7 Å². The molecule has 3 aromatic rings. The lowest BCUT2D eigenvalue weighted by molar-refractivity contribution is 0.0240. The van der Waals surface area contributed by atoms with Crippen molar-refractivity contribution < 1.29 is 4.74 Å². The van der Waals surface area contributed by atoms with E-state index in [-0.39, 0.29) is 6.04 Å². The lowest BCUT2D eigenvalue weighted by Crippen LogP contribution is -2.38. The molecular weight excluding hydrogens is 350 g/mol. The standard InChI is InChI=1S/C22H25N5O/c1-16-6-8-17(9-7-16)19-14-20(25-24-19)22-23-18-4-2-3-5-21(18)27(22)15-26-10-12-28-13-11-26/h2-9,19,24H,10-15H2,1H3. The van der Waals surface area contributed by atoms with Gasteiger partial charge in [-0.15, -0.1) is 0 Å². The molecule has 144 valence electrons. The van der Waals surface area contributed by atoms with E-state index in [0.29, 0.717) is 0 Å². The molecule has 1 aromatic heterocycles. The Balaban J connectivity index is 1.45. The first-order valence-corrected chi connectivity index (χ1v) is 9.92. The van der Waals surface area contributed by atoms with Gasteiger partial charge in [-0.3, -0.25) is 4.90 Å². The number of nitrogens with one attached hydrogen (secondary N) is 1. The number of hydrogen-bond acceptors (Lipinski definition) is 5. The number of morpholine rings is 1. The molecule has 0 spiro atoms. The van der Waals surface area contributed by atoms with Crippen LogP contribution in [0.3, 0.4) is 0 Å². The predicted octanol–water partition coefficient (Wildman–Crippen LogP) is 3.07. The number of rotatable bonds is 4. The van der Waals surface area contributed by atoms with Crippen LogP contribution in [-0.4, -0.2) is 46.5 Å². The van der Waals surface area contributed by atoms with Gasteiger partial charge in [0.25, 0.3) is 0 Å². The summed E-state index contributed by atoms with van der Waals surface area (Å²) >= 11 is 0. The highest BCUT2D eigenvalue weighted by molar-refractivity contribution is 6.01. The van der Waals surface area contributed by atoms with E-state index in [0.717, 1.165) is 62.0 Å². The Morgan fingerprint density at radius 3 is 2.68 bits per heavy atom. The number of aryl methyl sites for hydroxylation is 1. The average Bonchev–Trinajstić information content (AvgIpc) is 3.35. The molecule has 6 nitrogen and oxygen atoms in total. The Kier molecular flexibility index (Phi) is 4.58. The van der Waals surface area contributed by atoms with Gasteiger partial charge in [-0.05, 0) is 24.6 Å². The van der Waals surface area contributed by atoms with Gasteiger partial charge in [0.1, 0.15) is 5.71 Å². The summed E-state index contributed by atoms with van der Waals surface area (Å²) in [7, 11) is 0. The van der Waals surface area contributed by atoms with Crippen LogP contribution in [0.2, 0.25) is 0 Å². The van der Waals surface area contributed by atoms with Crippen molar-refractivity contribution in [1.29, 1.82) is 0 Å². The van der Waals surface area contributed by atoms with Crippen molar-refractivity contribution in [3.05, 3.63) is 65.5 Å². The van der Waals surface area contributed by atoms with Gasteiger partial charge in [0.15, 0.2) is 5.82 Å². The molecule has 3 heterocycles. The van der Waals surface area contributed by atoms with E-state index in [1.807, 2.05) is 6.07 Å². The van der Waals surface area contributed by atoms with E-state index in [1.165, 1.54) is 11.1 Å². The molecule has 2 aliphatic heterocycles. The lowest BCUT2D eigenvalue weighted by atomic mass is 10.0. The quantitative estimate of drug-likeness (QED) is 0.761. The van der Waals surface area contributed by atoms with Crippen LogP contribution < -0.4 is 5.43 Å². The van der Waals surface area contributed by atoms with Crippen LogP contribution in [0.4, 0.5) is 0 Å². The summed E-state index contributed by atoms with van der Waals surface area (Å²) in [6, 6.07) is 17.2. The number of imidazole rings is 1. The van der Waals surface area contributed by atoms with Gasteiger partial charge in [-0.1, -0.05) is 42.0 Å². The van der Waals surface area contributed by atoms with Gasteiger partial charge < -0.3 is 14.7 Å². The fraction of sp³-hybridized carbons (Fsp3) is 0.364. The molecule has 1 fully saturated rings. The zero-order valence-corrected chi connectivity index (χ0v) is 16.1. The second-order valence-corrected chi connectivity index (χ2v) is 7.58. The van der Waals surface area contributed by atoms with Gasteiger partial charge in [-0.25, -0.2) is 4.98 Å². The molecule has 2 aliphatic rings. The molecule has 1 saturated heterocycles. The van der Waals surface area contributed by atoms with Gasteiger partial charge in [0.05, 0.1) is 37.0 Å². The van der Waals surface area contributed by atoms with E-state index >= 15 is 0 Å². The highest BCUT2D eigenvalue weighted by Gasteiger charge is 2.26. The minimum Gasteiger partial charge on any atom is -0.379 e. The Bertz CT molecular complexity index is 1000. The first kappa shape index (κ1) is 17.4. The van der Waals surface area contributed by atoms with Gasteiger partial charge >= 0.3 is 0 Å². The third-order valence-electron chi connectivity index (χ3n) is 5.59. The lowest BCUT2D eigenvalue weighted by Gasteiger charge is -2.27. The monoisotopic (exact) mass is 375 g/mol. The van der Waals surface area contributed by atoms with E-state index < -0.39 is 0 Å². The summed E-state index contributed by atoms with van der Waals surface area (Å²) in [5.41, 5.74) is 9.06. The number of para-hydroxylation sites is 2. The molecule has 0 amide bonds. The zero-order valence-electron chi connectivity index (χ0n) is 16.1. The molecule has 6 heteroatoms. The second kappa shape index (κ2) is 7.37. The SMILES string of the molecule is Cc1ccc(C2CC(c3nc4ccccc4n3CN3CCOCC3)=NN2)cc1. The van der Waals surface area contributed by atoms with E-state index in [4.69, 9.17) is 9.72 Å². The Morgan fingerprint density at radius 2 is 1.86 bits per heavy atom. The fourth-order valence-electron chi connectivity index (χ4n) is 3.95. The normalized spacial score (nSPS) is 20.3. The molecule has 0 radical (unpaired) electrons. The van der Waals surface area contributed by atoms with Gasteiger partial charge in [0.2, 0.25) is 0 Å². The number of hydrogen-bond donors (Lipinski definition) is 1. The number of nitrogens with zero attached hydrogens (tertiary/aromatic N) is 4. The van der Waals surface area contributed by atoms with Crippen molar-refractivity contribution in [2.24, 2.45) is 5.10 Å². The molecule has 1 N–H and O–H groups in total. The largest absolute Gasteiger partial charge is 0.379 e.